The summed E-state index contributed by atoms with van der Waals surface area (Å²) in [6.45, 7) is 4.89. The second kappa shape index (κ2) is 12.6. The highest BCUT2D eigenvalue weighted by Crippen LogP contribution is 2.37. The molecule has 3 amide bonds. The normalized spacial score (nSPS) is 17.3. The SMILES string of the molecule is CNC(=O)c1cc(C)c(-c2cc3c(cc2C#N)N(C(=N)C2=C(NC4CCOCC4)CCN(C(=O)NC)C2)CCC3)cn1. The predicted molar refractivity (Wildman–Crippen MR) is 161 cm³/mol. The first-order chi connectivity index (χ1) is 20.3. The van der Waals surface area contributed by atoms with Gasteiger partial charge in [0, 0.05) is 87.1 Å². The second-order valence-electron chi connectivity index (χ2n) is 10.9. The molecule has 0 aliphatic carbocycles. The summed E-state index contributed by atoms with van der Waals surface area (Å²) in [5, 5.41) is 28.6. The summed E-state index contributed by atoms with van der Waals surface area (Å²) in [6, 6.07) is 8.10. The molecule has 5 rings (SSSR count). The van der Waals surface area contributed by atoms with E-state index in [4.69, 9.17) is 4.74 Å². The van der Waals surface area contributed by atoms with E-state index in [-0.39, 0.29) is 18.0 Å². The van der Waals surface area contributed by atoms with Crippen molar-refractivity contribution >= 4 is 23.5 Å². The molecule has 0 spiro atoms. The number of nitrogens with zero attached hydrogens (tertiary/aromatic N) is 4. The molecular formula is C31H38N8O3. The number of amidine groups is 1. The minimum atomic E-state index is -0.262. The van der Waals surface area contributed by atoms with Crippen molar-refractivity contribution in [1.29, 1.82) is 10.7 Å². The Balaban J connectivity index is 1.51. The summed E-state index contributed by atoms with van der Waals surface area (Å²) < 4.78 is 5.54. The highest BCUT2D eigenvalue weighted by atomic mass is 16.5. The number of hydrogen-bond donors (Lipinski definition) is 4. The highest BCUT2D eigenvalue weighted by Gasteiger charge is 2.31. The van der Waals surface area contributed by atoms with Gasteiger partial charge in [0.05, 0.1) is 18.2 Å². The van der Waals surface area contributed by atoms with Crippen LogP contribution in [-0.2, 0) is 11.2 Å². The van der Waals surface area contributed by atoms with Crippen LogP contribution in [0.3, 0.4) is 0 Å². The molecule has 1 fully saturated rings. The van der Waals surface area contributed by atoms with Crippen molar-refractivity contribution < 1.29 is 14.3 Å². The molecule has 11 nitrogen and oxygen atoms in total. The van der Waals surface area contributed by atoms with Crippen molar-refractivity contribution in [2.24, 2.45) is 0 Å². The van der Waals surface area contributed by atoms with Crippen LogP contribution in [0.15, 0.2) is 35.7 Å². The van der Waals surface area contributed by atoms with Gasteiger partial charge in [0.25, 0.3) is 5.91 Å². The number of fused-ring (bicyclic) bond motifs is 1. The maximum Gasteiger partial charge on any atom is 0.317 e. The Labute approximate surface area is 246 Å². The van der Waals surface area contributed by atoms with Crippen molar-refractivity contribution in [3.63, 3.8) is 0 Å². The number of ether oxygens (including phenoxy) is 1. The number of aromatic nitrogens is 1. The molecule has 3 aliphatic heterocycles. The van der Waals surface area contributed by atoms with Crippen molar-refractivity contribution in [3.8, 4) is 17.2 Å². The smallest absolute Gasteiger partial charge is 0.317 e. The Bertz CT molecular complexity index is 1470. The van der Waals surface area contributed by atoms with Crippen LogP contribution in [0.25, 0.3) is 11.1 Å². The average Bonchev–Trinajstić information content (AvgIpc) is 3.03. The number of anilines is 1. The molecule has 0 atom stereocenters. The quantitative estimate of drug-likeness (QED) is 0.319. The number of pyridine rings is 1. The van der Waals surface area contributed by atoms with E-state index in [1.165, 1.54) is 0 Å². The van der Waals surface area contributed by atoms with Gasteiger partial charge >= 0.3 is 6.03 Å². The Morgan fingerprint density at radius 2 is 1.88 bits per heavy atom. The van der Waals surface area contributed by atoms with Gasteiger partial charge in [-0.1, -0.05) is 0 Å². The topological polar surface area (TPSA) is 146 Å². The fourth-order valence-electron chi connectivity index (χ4n) is 5.99. The van der Waals surface area contributed by atoms with Gasteiger partial charge < -0.3 is 30.5 Å². The maximum absolute atomic E-state index is 12.6. The third-order valence-electron chi connectivity index (χ3n) is 8.32. The van der Waals surface area contributed by atoms with Crippen molar-refractivity contribution in [3.05, 3.63) is 58.1 Å². The van der Waals surface area contributed by atoms with Gasteiger partial charge in [-0.15, -0.1) is 0 Å². The highest BCUT2D eigenvalue weighted by molar-refractivity contribution is 6.09. The number of nitriles is 1. The van der Waals surface area contributed by atoms with E-state index in [9.17, 15) is 20.3 Å². The number of nitrogens with one attached hydrogen (secondary N) is 4. The van der Waals surface area contributed by atoms with Crippen LogP contribution in [0.2, 0.25) is 0 Å². The summed E-state index contributed by atoms with van der Waals surface area (Å²) in [4.78, 5) is 32.7. The molecule has 1 aromatic heterocycles. The number of benzene rings is 1. The number of urea groups is 1. The van der Waals surface area contributed by atoms with Gasteiger partial charge in [0.2, 0.25) is 0 Å². The number of hydrogen-bond acceptors (Lipinski definition) is 7. The van der Waals surface area contributed by atoms with Crippen molar-refractivity contribution in [1.82, 2.24) is 25.8 Å². The molecule has 0 saturated carbocycles. The standard InChI is InChI=1S/C31H38N8O3/c1-19-13-27(30(40)34-2)36-17-24(19)23-14-20-5-4-9-39(28(20)15-21(23)16-32)29(33)25-18-38(31(41)35-3)10-6-26(25)37-22-7-11-42-12-8-22/h13-15,17,22,33,37H,4-12,18H2,1-3H3,(H,34,40)(H,35,41). The zero-order chi connectivity index (χ0) is 29.8. The third kappa shape index (κ3) is 5.81. The molecule has 1 aromatic carbocycles. The van der Waals surface area contributed by atoms with Gasteiger partial charge in [-0.2, -0.15) is 5.26 Å². The molecule has 0 bridgehead atoms. The molecule has 42 heavy (non-hydrogen) atoms. The first-order valence-electron chi connectivity index (χ1n) is 14.5. The minimum Gasteiger partial charge on any atom is -0.385 e. The lowest BCUT2D eigenvalue weighted by atomic mass is 9.90. The monoisotopic (exact) mass is 570 g/mol. The fraction of sp³-hybridized carbons (Fsp3) is 0.452. The first kappa shape index (κ1) is 29.1. The molecule has 220 valence electrons. The lowest BCUT2D eigenvalue weighted by Gasteiger charge is -2.38. The third-order valence-corrected chi connectivity index (χ3v) is 8.32. The van der Waals surface area contributed by atoms with Gasteiger partial charge in [-0.05, 0) is 61.9 Å². The number of carbonyl (C=O) groups excluding carboxylic acids is 2. The summed E-state index contributed by atoms with van der Waals surface area (Å²) in [5.41, 5.74) is 6.93. The van der Waals surface area contributed by atoms with E-state index in [1.54, 1.807) is 31.3 Å². The lowest BCUT2D eigenvalue weighted by Crippen LogP contribution is -2.48. The Morgan fingerprint density at radius 1 is 1.10 bits per heavy atom. The van der Waals surface area contributed by atoms with Gasteiger partial charge in [0.15, 0.2) is 0 Å². The van der Waals surface area contributed by atoms with E-state index >= 15 is 0 Å². The molecule has 11 heteroatoms. The Hall–Kier alpha value is -4.43. The van der Waals surface area contributed by atoms with Gasteiger partial charge in [0.1, 0.15) is 11.5 Å². The average molecular weight is 571 g/mol. The largest absolute Gasteiger partial charge is 0.385 e. The molecule has 0 unspecified atom stereocenters. The van der Waals surface area contributed by atoms with Crippen LogP contribution in [0.1, 0.15) is 52.9 Å². The van der Waals surface area contributed by atoms with E-state index in [0.29, 0.717) is 56.4 Å². The number of aryl methyl sites for hydroxylation is 2. The maximum atomic E-state index is 12.6. The number of carbonyl (C=O) groups is 2. The molecule has 4 heterocycles. The van der Waals surface area contributed by atoms with E-state index < -0.39 is 0 Å². The zero-order valence-electron chi connectivity index (χ0n) is 24.5. The van der Waals surface area contributed by atoms with Crippen LogP contribution in [0, 0.1) is 23.7 Å². The number of amides is 3. The molecule has 4 N–H and O–H groups in total. The second-order valence-corrected chi connectivity index (χ2v) is 10.9. The Kier molecular flexibility index (Phi) is 8.73. The summed E-state index contributed by atoms with van der Waals surface area (Å²) in [5.74, 6) is 0.0889. The van der Waals surface area contributed by atoms with E-state index in [2.05, 4.69) is 27.0 Å². The van der Waals surface area contributed by atoms with Crippen LogP contribution >= 0.6 is 0 Å². The van der Waals surface area contributed by atoms with Gasteiger partial charge in [-0.3, -0.25) is 15.2 Å². The molecule has 0 radical (unpaired) electrons. The van der Waals surface area contributed by atoms with Crippen LogP contribution in [0.4, 0.5) is 10.5 Å². The summed E-state index contributed by atoms with van der Waals surface area (Å²) in [7, 11) is 3.19. The fourth-order valence-corrected chi connectivity index (χ4v) is 5.99. The number of rotatable bonds is 5. The summed E-state index contributed by atoms with van der Waals surface area (Å²) >= 11 is 0. The Morgan fingerprint density at radius 3 is 2.57 bits per heavy atom. The minimum absolute atomic E-state index is 0.160. The summed E-state index contributed by atoms with van der Waals surface area (Å²) in [6.07, 6.45) is 5.77. The van der Waals surface area contributed by atoms with Crippen molar-refractivity contribution in [2.45, 2.75) is 45.1 Å². The van der Waals surface area contributed by atoms with E-state index in [0.717, 1.165) is 64.9 Å². The molecular weight excluding hydrogens is 532 g/mol. The van der Waals surface area contributed by atoms with Crippen molar-refractivity contribution in [2.75, 3.05) is 51.8 Å². The lowest BCUT2D eigenvalue weighted by molar-refractivity contribution is 0.0798. The first-order valence-corrected chi connectivity index (χ1v) is 14.5. The molecule has 1 saturated heterocycles. The van der Waals surface area contributed by atoms with Crippen LogP contribution in [0.5, 0.6) is 0 Å². The zero-order valence-corrected chi connectivity index (χ0v) is 24.5. The van der Waals surface area contributed by atoms with Gasteiger partial charge in [-0.25, -0.2) is 4.79 Å². The molecule has 3 aliphatic rings. The predicted octanol–water partition coefficient (Wildman–Crippen LogP) is 3.09. The molecule has 2 aromatic rings. The van der Waals surface area contributed by atoms with E-state index in [1.807, 2.05) is 24.0 Å². The van der Waals surface area contributed by atoms with Crippen LogP contribution < -0.4 is 20.9 Å². The van der Waals surface area contributed by atoms with Crippen LogP contribution in [-0.4, -0.2) is 80.6 Å².